The number of methoxy groups -OCH3 is 1. The van der Waals surface area contributed by atoms with Crippen molar-refractivity contribution in [3.05, 3.63) is 56.7 Å². The number of benzene rings is 1. The van der Waals surface area contributed by atoms with E-state index in [1.54, 1.807) is 41.8 Å². The Balaban J connectivity index is 0.000000616. The zero-order chi connectivity index (χ0) is 31.0. The largest absolute Gasteiger partial charge is 0.490 e. The molecule has 1 aromatic carbocycles. The summed E-state index contributed by atoms with van der Waals surface area (Å²) in [4.78, 5) is 67.6. The predicted molar refractivity (Wildman–Crippen MR) is 143 cm³/mol. The number of imidazole rings is 1. The molecule has 0 amide bonds. The van der Waals surface area contributed by atoms with Gasteiger partial charge in [0.25, 0.3) is 5.56 Å². The fourth-order valence-corrected chi connectivity index (χ4v) is 4.03. The SMILES string of the molecule is CC#CCn1c(N2CCNCC2)nc2c1c(=O)n(CC(=O)c1ccccc1)c(=O)n2CC(=O)OC.O=C(O)C(F)(F)F. The molecule has 42 heavy (non-hydrogen) atoms. The first-order valence-electron chi connectivity index (χ1n) is 12.4. The highest BCUT2D eigenvalue weighted by molar-refractivity contribution is 5.96. The van der Waals surface area contributed by atoms with E-state index < -0.39 is 48.2 Å². The number of rotatable bonds is 7. The number of ketones is 1. The summed E-state index contributed by atoms with van der Waals surface area (Å²) in [7, 11) is 1.21. The number of carbonyl (C=O) groups excluding carboxylic acids is 2. The van der Waals surface area contributed by atoms with Crippen molar-refractivity contribution < 1.29 is 37.4 Å². The number of esters is 1. The summed E-state index contributed by atoms with van der Waals surface area (Å²) in [6.07, 6.45) is -5.08. The summed E-state index contributed by atoms with van der Waals surface area (Å²) in [5.41, 5.74) is -0.950. The summed E-state index contributed by atoms with van der Waals surface area (Å²) in [5, 5.41) is 10.4. The Kier molecular flexibility index (Phi) is 10.3. The van der Waals surface area contributed by atoms with Gasteiger partial charge in [0.15, 0.2) is 16.9 Å². The minimum absolute atomic E-state index is 0.0558. The van der Waals surface area contributed by atoms with Gasteiger partial charge in [-0.15, -0.1) is 5.92 Å². The number of aromatic nitrogens is 4. The van der Waals surface area contributed by atoms with E-state index in [2.05, 4.69) is 22.1 Å². The van der Waals surface area contributed by atoms with Gasteiger partial charge in [-0.05, 0) is 6.92 Å². The second kappa shape index (κ2) is 13.6. The van der Waals surface area contributed by atoms with Crippen LogP contribution in [0.4, 0.5) is 19.1 Å². The summed E-state index contributed by atoms with van der Waals surface area (Å²) < 4.78 is 40.1. The first-order valence-corrected chi connectivity index (χ1v) is 12.4. The van der Waals surface area contributed by atoms with Crippen molar-refractivity contribution in [2.24, 2.45) is 0 Å². The summed E-state index contributed by atoms with van der Waals surface area (Å²) in [6, 6.07) is 8.40. The Labute approximate surface area is 236 Å². The fourth-order valence-electron chi connectivity index (χ4n) is 4.03. The molecule has 2 aromatic heterocycles. The monoisotopic (exact) mass is 592 g/mol. The number of carboxylic acid groups (broad SMARTS) is 1. The number of hydrogen-bond donors (Lipinski definition) is 2. The molecule has 4 rings (SSSR count). The maximum absolute atomic E-state index is 13.6. The second-order valence-electron chi connectivity index (χ2n) is 8.76. The molecule has 2 N–H and O–H groups in total. The highest BCUT2D eigenvalue weighted by atomic mass is 19.4. The number of hydrogen-bond acceptors (Lipinski definition) is 9. The molecule has 1 aliphatic rings. The molecule has 3 heterocycles. The minimum atomic E-state index is -5.08. The lowest BCUT2D eigenvalue weighted by Gasteiger charge is -2.28. The molecule has 3 aromatic rings. The van der Waals surface area contributed by atoms with Gasteiger partial charge in [0.05, 0.1) is 20.2 Å². The van der Waals surface area contributed by atoms with Crippen LogP contribution in [-0.4, -0.2) is 81.0 Å². The molecule has 13 nitrogen and oxygen atoms in total. The first-order chi connectivity index (χ1) is 19.9. The third kappa shape index (κ3) is 7.23. The number of anilines is 1. The number of alkyl halides is 3. The Bertz CT molecular complexity index is 1640. The van der Waals surface area contributed by atoms with E-state index in [1.165, 1.54) is 7.11 Å². The standard InChI is InChI=1S/C24H26N6O5.C2HF3O2/c1-3-4-12-28-20-21(26-23(28)27-13-10-25-11-14-27)29(16-19(32)35-2)24(34)30(22(20)33)15-18(31)17-8-6-5-7-9-17;3-2(4,5)1(6)7/h5-9,25H,10-16H2,1-2H3;(H,6,7). The van der Waals surface area contributed by atoms with E-state index in [4.69, 9.17) is 14.6 Å². The molecule has 16 heteroatoms. The lowest BCUT2D eigenvalue weighted by Crippen LogP contribution is -2.44. The summed E-state index contributed by atoms with van der Waals surface area (Å²) >= 11 is 0. The quantitative estimate of drug-likeness (QED) is 0.225. The van der Waals surface area contributed by atoms with Crippen LogP contribution in [0.1, 0.15) is 17.3 Å². The number of aliphatic carboxylic acids is 1. The number of halogens is 3. The minimum Gasteiger partial charge on any atom is -0.475 e. The average molecular weight is 593 g/mol. The van der Waals surface area contributed by atoms with Gasteiger partial charge in [-0.2, -0.15) is 18.2 Å². The summed E-state index contributed by atoms with van der Waals surface area (Å²) in [6.45, 7) is 3.66. The van der Waals surface area contributed by atoms with Gasteiger partial charge in [-0.3, -0.25) is 28.1 Å². The van der Waals surface area contributed by atoms with E-state index >= 15 is 0 Å². The van der Waals surface area contributed by atoms with E-state index in [-0.39, 0.29) is 17.7 Å². The van der Waals surface area contributed by atoms with Gasteiger partial charge in [-0.25, -0.2) is 9.59 Å². The second-order valence-corrected chi connectivity index (χ2v) is 8.76. The van der Waals surface area contributed by atoms with Crippen LogP contribution in [0.3, 0.4) is 0 Å². The third-order valence-corrected chi connectivity index (χ3v) is 6.06. The Morgan fingerprint density at radius 1 is 1.05 bits per heavy atom. The lowest BCUT2D eigenvalue weighted by atomic mass is 10.1. The number of nitrogens with zero attached hydrogens (tertiary/aromatic N) is 5. The van der Waals surface area contributed by atoms with Crippen LogP contribution < -0.4 is 21.5 Å². The molecule has 1 saturated heterocycles. The maximum atomic E-state index is 13.6. The Morgan fingerprint density at radius 2 is 1.67 bits per heavy atom. The smallest absolute Gasteiger partial charge is 0.475 e. The highest BCUT2D eigenvalue weighted by Gasteiger charge is 2.38. The topological polar surface area (TPSA) is 158 Å². The van der Waals surface area contributed by atoms with Crippen LogP contribution >= 0.6 is 0 Å². The van der Waals surface area contributed by atoms with Gasteiger partial charge < -0.3 is 20.1 Å². The van der Waals surface area contributed by atoms with E-state index in [9.17, 15) is 32.3 Å². The van der Waals surface area contributed by atoms with Crippen molar-refractivity contribution >= 4 is 34.8 Å². The van der Waals surface area contributed by atoms with Crippen LogP contribution in [0.15, 0.2) is 39.9 Å². The van der Waals surface area contributed by atoms with Crippen LogP contribution in [0.25, 0.3) is 11.2 Å². The summed E-state index contributed by atoms with van der Waals surface area (Å²) in [5.74, 6) is 2.41. The highest BCUT2D eigenvalue weighted by Crippen LogP contribution is 2.20. The fraction of sp³-hybridized carbons (Fsp3) is 0.385. The zero-order valence-corrected chi connectivity index (χ0v) is 22.6. The predicted octanol–water partition coefficient (Wildman–Crippen LogP) is 0.482. The number of fused-ring (bicyclic) bond motifs is 1. The van der Waals surface area contributed by atoms with Crippen LogP contribution in [-0.2, 0) is 34.0 Å². The normalized spacial score (nSPS) is 13.0. The van der Waals surface area contributed by atoms with Crippen molar-refractivity contribution in [1.29, 1.82) is 0 Å². The van der Waals surface area contributed by atoms with Crippen molar-refractivity contribution in [1.82, 2.24) is 24.0 Å². The van der Waals surface area contributed by atoms with Crippen LogP contribution in [0, 0.1) is 11.8 Å². The van der Waals surface area contributed by atoms with E-state index in [0.29, 0.717) is 24.6 Å². The molecule has 0 radical (unpaired) electrons. The number of ether oxygens (including phenoxy) is 1. The third-order valence-electron chi connectivity index (χ3n) is 6.06. The van der Waals surface area contributed by atoms with E-state index in [1.807, 2.05) is 4.90 Å². The molecule has 0 bridgehead atoms. The number of piperazine rings is 1. The zero-order valence-electron chi connectivity index (χ0n) is 22.6. The number of carbonyl (C=O) groups is 3. The number of Topliss-reactive ketones (excluding diaryl/α,β-unsaturated/α-hetero) is 1. The maximum Gasteiger partial charge on any atom is 0.490 e. The molecule has 0 aliphatic carbocycles. The molecule has 224 valence electrons. The van der Waals surface area contributed by atoms with Gasteiger partial charge in [0.2, 0.25) is 5.95 Å². The average Bonchev–Trinajstić information content (AvgIpc) is 3.36. The van der Waals surface area contributed by atoms with Crippen molar-refractivity contribution in [2.45, 2.75) is 32.7 Å². The molecule has 0 saturated carbocycles. The molecule has 1 aliphatic heterocycles. The van der Waals surface area contributed by atoms with E-state index in [0.717, 1.165) is 22.2 Å². The first kappa shape index (κ1) is 31.6. The van der Waals surface area contributed by atoms with Gasteiger partial charge in [0.1, 0.15) is 6.54 Å². The molecule has 0 atom stereocenters. The van der Waals surface area contributed by atoms with Crippen molar-refractivity contribution in [2.75, 3.05) is 38.2 Å². The van der Waals surface area contributed by atoms with Crippen LogP contribution in [0.2, 0.25) is 0 Å². The van der Waals surface area contributed by atoms with Crippen LogP contribution in [0.5, 0.6) is 0 Å². The van der Waals surface area contributed by atoms with Crippen molar-refractivity contribution in [3.8, 4) is 11.8 Å². The Morgan fingerprint density at radius 3 is 2.21 bits per heavy atom. The molecule has 0 unspecified atom stereocenters. The van der Waals surface area contributed by atoms with Gasteiger partial charge in [0, 0.05) is 31.7 Å². The number of nitrogens with one attached hydrogen (secondary N) is 1. The molecular weight excluding hydrogens is 565 g/mol. The lowest BCUT2D eigenvalue weighted by molar-refractivity contribution is -0.192. The Hall–Kier alpha value is -4.91. The van der Waals surface area contributed by atoms with Gasteiger partial charge >= 0.3 is 23.8 Å². The molecular formula is C26H27F3N6O7. The number of carboxylic acids is 1. The van der Waals surface area contributed by atoms with Gasteiger partial charge in [-0.1, -0.05) is 36.3 Å². The molecule has 1 fully saturated rings. The molecule has 0 spiro atoms. The van der Waals surface area contributed by atoms with Crippen molar-refractivity contribution in [3.63, 3.8) is 0 Å².